The number of aromatic nitrogens is 1. The fourth-order valence-corrected chi connectivity index (χ4v) is 2.36. The van der Waals surface area contributed by atoms with Gasteiger partial charge in [0.15, 0.2) is 0 Å². The van der Waals surface area contributed by atoms with Gasteiger partial charge in [0.2, 0.25) is 0 Å². The minimum atomic E-state index is 0.339. The molecule has 2 aromatic rings. The fourth-order valence-electron chi connectivity index (χ4n) is 1.42. The second-order valence-corrected chi connectivity index (χ2v) is 4.85. The van der Waals surface area contributed by atoms with Crippen LogP contribution in [-0.4, -0.2) is 5.16 Å². The third-order valence-corrected chi connectivity index (χ3v) is 3.46. The summed E-state index contributed by atoms with van der Waals surface area (Å²) in [6, 6.07) is 6.30. The summed E-state index contributed by atoms with van der Waals surface area (Å²) in [5.74, 6) is 1.21. The SMILES string of the molecule is Cc1cc(C(C)c2ccc(C)s2)no1. The molecule has 0 saturated carbocycles. The predicted molar refractivity (Wildman–Crippen MR) is 57.8 cm³/mol. The highest BCUT2D eigenvalue weighted by Crippen LogP contribution is 2.29. The minimum absolute atomic E-state index is 0.339. The van der Waals surface area contributed by atoms with Crippen molar-refractivity contribution >= 4 is 11.3 Å². The molecule has 1 unspecified atom stereocenters. The van der Waals surface area contributed by atoms with Gasteiger partial charge >= 0.3 is 0 Å². The summed E-state index contributed by atoms with van der Waals surface area (Å²) in [5, 5.41) is 4.03. The summed E-state index contributed by atoms with van der Waals surface area (Å²) in [6.45, 7) is 6.19. The zero-order valence-corrected chi connectivity index (χ0v) is 9.39. The molecule has 14 heavy (non-hydrogen) atoms. The van der Waals surface area contributed by atoms with Gasteiger partial charge in [0.05, 0.1) is 5.69 Å². The molecule has 3 heteroatoms. The van der Waals surface area contributed by atoms with E-state index in [0.29, 0.717) is 5.92 Å². The first-order valence-corrected chi connectivity index (χ1v) is 5.48. The van der Waals surface area contributed by atoms with Crippen LogP contribution in [-0.2, 0) is 0 Å². The minimum Gasteiger partial charge on any atom is -0.361 e. The van der Waals surface area contributed by atoms with Crippen LogP contribution in [0.2, 0.25) is 0 Å². The average molecular weight is 207 g/mol. The van der Waals surface area contributed by atoms with E-state index in [2.05, 4.69) is 31.1 Å². The van der Waals surface area contributed by atoms with Crippen molar-refractivity contribution in [3.8, 4) is 0 Å². The zero-order chi connectivity index (χ0) is 10.1. The summed E-state index contributed by atoms with van der Waals surface area (Å²) in [7, 11) is 0. The van der Waals surface area contributed by atoms with Gasteiger partial charge in [0.1, 0.15) is 5.76 Å². The lowest BCUT2D eigenvalue weighted by atomic mass is 10.1. The number of hydrogen-bond donors (Lipinski definition) is 0. The highest BCUT2D eigenvalue weighted by Gasteiger charge is 2.13. The van der Waals surface area contributed by atoms with E-state index in [1.54, 1.807) is 0 Å². The van der Waals surface area contributed by atoms with Gasteiger partial charge in [0.25, 0.3) is 0 Å². The van der Waals surface area contributed by atoms with Crippen LogP contribution in [0.25, 0.3) is 0 Å². The number of aryl methyl sites for hydroxylation is 2. The van der Waals surface area contributed by atoms with Crippen LogP contribution in [0.1, 0.15) is 34.1 Å². The van der Waals surface area contributed by atoms with Crippen molar-refractivity contribution in [2.75, 3.05) is 0 Å². The van der Waals surface area contributed by atoms with Crippen LogP contribution < -0.4 is 0 Å². The lowest BCUT2D eigenvalue weighted by molar-refractivity contribution is 0.389. The smallest absolute Gasteiger partial charge is 0.133 e. The molecule has 0 aliphatic rings. The Kier molecular flexibility index (Phi) is 2.42. The Labute approximate surface area is 87.6 Å². The van der Waals surface area contributed by atoms with Crippen molar-refractivity contribution in [3.63, 3.8) is 0 Å². The van der Waals surface area contributed by atoms with Gasteiger partial charge in [-0.25, -0.2) is 0 Å². The largest absolute Gasteiger partial charge is 0.361 e. The molecule has 2 nitrogen and oxygen atoms in total. The molecule has 0 spiro atoms. The maximum Gasteiger partial charge on any atom is 0.133 e. The van der Waals surface area contributed by atoms with Crippen molar-refractivity contribution in [2.45, 2.75) is 26.7 Å². The van der Waals surface area contributed by atoms with Crippen molar-refractivity contribution < 1.29 is 4.52 Å². The van der Waals surface area contributed by atoms with Crippen LogP contribution in [0.15, 0.2) is 22.7 Å². The van der Waals surface area contributed by atoms with E-state index in [4.69, 9.17) is 4.52 Å². The Balaban J connectivity index is 2.28. The summed E-state index contributed by atoms with van der Waals surface area (Å²) >= 11 is 1.82. The standard InChI is InChI=1S/C11H13NOS/c1-7-6-10(12-13-7)9(3)11-5-4-8(2)14-11/h4-6,9H,1-3H3. The van der Waals surface area contributed by atoms with Gasteiger partial charge in [-0.3, -0.25) is 0 Å². The van der Waals surface area contributed by atoms with Crippen LogP contribution in [0.4, 0.5) is 0 Å². The second-order valence-electron chi connectivity index (χ2n) is 3.53. The summed E-state index contributed by atoms with van der Waals surface area (Å²) in [4.78, 5) is 2.68. The van der Waals surface area contributed by atoms with Crippen molar-refractivity contribution in [2.24, 2.45) is 0 Å². The molecule has 2 heterocycles. The van der Waals surface area contributed by atoms with Gasteiger partial charge in [-0.1, -0.05) is 12.1 Å². The first-order valence-electron chi connectivity index (χ1n) is 4.66. The van der Waals surface area contributed by atoms with Gasteiger partial charge in [-0.05, 0) is 26.0 Å². The number of nitrogens with zero attached hydrogens (tertiary/aromatic N) is 1. The van der Waals surface area contributed by atoms with Gasteiger partial charge in [-0.15, -0.1) is 11.3 Å². The third-order valence-electron chi connectivity index (χ3n) is 2.28. The van der Waals surface area contributed by atoms with Crippen LogP contribution >= 0.6 is 11.3 Å². The van der Waals surface area contributed by atoms with Crippen LogP contribution in [0.5, 0.6) is 0 Å². The Morgan fingerprint density at radius 3 is 2.64 bits per heavy atom. The molecule has 0 N–H and O–H groups in total. The molecule has 1 atom stereocenters. The maximum absolute atomic E-state index is 5.07. The Morgan fingerprint density at radius 2 is 2.14 bits per heavy atom. The molecule has 0 aliphatic heterocycles. The molecule has 0 aliphatic carbocycles. The van der Waals surface area contributed by atoms with E-state index >= 15 is 0 Å². The first-order chi connectivity index (χ1) is 6.66. The zero-order valence-electron chi connectivity index (χ0n) is 8.57. The average Bonchev–Trinajstić information content (AvgIpc) is 2.73. The molecule has 2 rings (SSSR count). The predicted octanol–water partition coefficient (Wildman–Crippen LogP) is 3.50. The van der Waals surface area contributed by atoms with E-state index in [9.17, 15) is 0 Å². The van der Waals surface area contributed by atoms with Crippen molar-refractivity contribution in [3.05, 3.63) is 39.4 Å². The molecule has 74 valence electrons. The van der Waals surface area contributed by atoms with Crippen LogP contribution in [0.3, 0.4) is 0 Å². The molecular formula is C11H13NOS. The molecular weight excluding hydrogens is 194 g/mol. The lowest BCUT2D eigenvalue weighted by Gasteiger charge is -2.03. The first kappa shape index (κ1) is 9.46. The van der Waals surface area contributed by atoms with Gasteiger partial charge < -0.3 is 4.52 Å². The van der Waals surface area contributed by atoms with Crippen molar-refractivity contribution in [1.29, 1.82) is 0 Å². The molecule has 2 aromatic heterocycles. The maximum atomic E-state index is 5.07. The molecule has 0 fully saturated rings. The normalized spacial score (nSPS) is 13.1. The number of hydrogen-bond acceptors (Lipinski definition) is 3. The molecule has 0 aromatic carbocycles. The summed E-state index contributed by atoms with van der Waals surface area (Å²) in [6.07, 6.45) is 0. The molecule has 0 saturated heterocycles. The Morgan fingerprint density at radius 1 is 1.36 bits per heavy atom. The fraction of sp³-hybridized carbons (Fsp3) is 0.364. The highest BCUT2D eigenvalue weighted by atomic mass is 32.1. The molecule has 0 amide bonds. The second kappa shape index (κ2) is 3.58. The molecule has 0 radical (unpaired) electrons. The topological polar surface area (TPSA) is 26.0 Å². The van der Waals surface area contributed by atoms with Gasteiger partial charge in [0, 0.05) is 21.7 Å². The molecule has 0 bridgehead atoms. The van der Waals surface area contributed by atoms with E-state index in [-0.39, 0.29) is 0 Å². The van der Waals surface area contributed by atoms with E-state index in [1.807, 2.05) is 24.3 Å². The lowest BCUT2D eigenvalue weighted by Crippen LogP contribution is -1.92. The number of thiophene rings is 1. The van der Waals surface area contributed by atoms with Crippen molar-refractivity contribution in [1.82, 2.24) is 5.16 Å². The number of rotatable bonds is 2. The Bertz CT molecular complexity index is 390. The summed E-state index contributed by atoms with van der Waals surface area (Å²) in [5.41, 5.74) is 1.02. The monoisotopic (exact) mass is 207 g/mol. The van der Waals surface area contributed by atoms with E-state index in [1.165, 1.54) is 9.75 Å². The van der Waals surface area contributed by atoms with Crippen LogP contribution in [0, 0.1) is 13.8 Å². The quantitative estimate of drug-likeness (QED) is 0.753. The summed E-state index contributed by atoms with van der Waals surface area (Å²) < 4.78 is 5.07. The Hall–Kier alpha value is -1.09. The van der Waals surface area contributed by atoms with E-state index < -0.39 is 0 Å². The highest BCUT2D eigenvalue weighted by molar-refractivity contribution is 7.12. The van der Waals surface area contributed by atoms with E-state index in [0.717, 1.165) is 11.5 Å². The third kappa shape index (κ3) is 1.73. The van der Waals surface area contributed by atoms with Gasteiger partial charge in [-0.2, -0.15) is 0 Å².